The largest absolute Gasteiger partial charge is 0.495 e. The molecule has 0 unspecified atom stereocenters. The third kappa shape index (κ3) is 5.46. The molecule has 6 heteroatoms. The van der Waals surface area contributed by atoms with Crippen LogP contribution in [0.5, 0.6) is 5.75 Å². The van der Waals surface area contributed by atoms with Crippen molar-refractivity contribution >= 4 is 23.6 Å². The lowest BCUT2D eigenvalue weighted by Gasteiger charge is -2.09. The molecule has 0 radical (unpaired) electrons. The highest BCUT2D eigenvalue weighted by Gasteiger charge is 2.11. The summed E-state index contributed by atoms with van der Waals surface area (Å²) in [5.41, 5.74) is 1.53. The van der Waals surface area contributed by atoms with Crippen LogP contribution in [0.3, 0.4) is 0 Å². The molecule has 0 aliphatic rings. The zero-order valence-corrected chi connectivity index (χ0v) is 14.3. The van der Waals surface area contributed by atoms with E-state index in [1.807, 2.05) is 6.92 Å². The maximum Gasteiger partial charge on any atom is 0.253 e. The minimum Gasteiger partial charge on any atom is -0.495 e. The predicted octanol–water partition coefficient (Wildman–Crippen LogP) is 2.88. The van der Waals surface area contributed by atoms with Crippen LogP contribution in [0.4, 0.5) is 5.69 Å². The summed E-state index contributed by atoms with van der Waals surface area (Å²) in [4.78, 5) is 28.4. The van der Waals surface area contributed by atoms with Crippen molar-refractivity contribution in [2.45, 2.75) is 13.3 Å². The highest BCUT2D eigenvalue weighted by molar-refractivity contribution is 6.07. The Labute approximate surface area is 146 Å². The molecule has 1 heterocycles. The molecule has 0 aliphatic carbocycles. The summed E-state index contributed by atoms with van der Waals surface area (Å²) in [5, 5.41) is 5.52. The van der Waals surface area contributed by atoms with Crippen LogP contribution in [0.2, 0.25) is 0 Å². The van der Waals surface area contributed by atoms with Crippen molar-refractivity contribution in [3.05, 3.63) is 59.9 Å². The molecule has 2 aromatic rings. The van der Waals surface area contributed by atoms with Crippen LogP contribution in [0.1, 0.15) is 29.4 Å². The van der Waals surface area contributed by atoms with Gasteiger partial charge in [-0.25, -0.2) is 0 Å². The molecule has 6 nitrogen and oxygen atoms in total. The molecule has 0 saturated heterocycles. The van der Waals surface area contributed by atoms with Crippen LogP contribution in [0.25, 0.3) is 6.08 Å². The number of amides is 2. The van der Waals surface area contributed by atoms with Gasteiger partial charge in [0.15, 0.2) is 0 Å². The van der Waals surface area contributed by atoms with Gasteiger partial charge in [-0.2, -0.15) is 0 Å². The fraction of sp³-hybridized carbons (Fsp3) is 0.211. The number of carbonyl (C=O) groups is 2. The summed E-state index contributed by atoms with van der Waals surface area (Å²) >= 11 is 0. The van der Waals surface area contributed by atoms with E-state index >= 15 is 0 Å². The lowest BCUT2D eigenvalue weighted by atomic mass is 10.1. The van der Waals surface area contributed by atoms with E-state index in [0.717, 1.165) is 6.42 Å². The molecule has 2 N–H and O–H groups in total. The number of hydrogen-bond donors (Lipinski definition) is 2. The van der Waals surface area contributed by atoms with E-state index < -0.39 is 0 Å². The Kier molecular flexibility index (Phi) is 6.71. The summed E-state index contributed by atoms with van der Waals surface area (Å²) in [6, 6.07) is 10.4. The molecular formula is C19H21N3O3. The predicted molar refractivity (Wildman–Crippen MR) is 97.5 cm³/mol. The quantitative estimate of drug-likeness (QED) is 0.760. The highest BCUT2D eigenvalue weighted by Crippen LogP contribution is 2.15. The molecule has 2 rings (SSSR count). The van der Waals surface area contributed by atoms with E-state index in [2.05, 4.69) is 15.6 Å². The third-order valence-electron chi connectivity index (χ3n) is 3.37. The second kappa shape index (κ2) is 9.22. The van der Waals surface area contributed by atoms with E-state index in [0.29, 0.717) is 29.2 Å². The van der Waals surface area contributed by atoms with Crippen LogP contribution in [-0.4, -0.2) is 30.5 Å². The number of carbonyl (C=O) groups excluding carboxylic acids is 2. The Balaban J connectivity index is 2.04. The summed E-state index contributed by atoms with van der Waals surface area (Å²) in [7, 11) is 1.56. The molecule has 0 atom stereocenters. The lowest BCUT2D eigenvalue weighted by molar-refractivity contribution is -0.111. The topological polar surface area (TPSA) is 80.3 Å². The number of aromatic nitrogens is 1. The standard InChI is InChI=1S/C19H21N3O3/c1-3-12-20-19(24)16-6-4-5-7-17(16)22-18(23)11-9-14-8-10-15(25-2)13-21-14/h4-11,13H,3,12H2,1-2H3,(H,20,24)(H,22,23)/b11-9+. The Morgan fingerprint density at radius 3 is 2.68 bits per heavy atom. The molecule has 130 valence electrons. The van der Waals surface area contributed by atoms with E-state index in [9.17, 15) is 9.59 Å². The van der Waals surface area contributed by atoms with E-state index in [1.54, 1.807) is 55.8 Å². The van der Waals surface area contributed by atoms with Crippen LogP contribution < -0.4 is 15.4 Å². The number of benzene rings is 1. The molecule has 2 amide bonds. The number of pyridine rings is 1. The summed E-state index contributed by atoms with van der Waals surface area (Å²) in [5.74, 6) is 0.0977. The van der Waals surface area contributed by atoms with Gasteiger partial charge in [-0.05, 0) is 36.8 Å². The SMILES string of the molecule is CCCNC(=O)c1ccccc1NC(=O)/C=C/c1ccc(OC)cn1. The number of nitrogens with one attached hydrogen (secondary N) is 2. The van der Waals surface area contributed by atoms with Gasteiger partial charge in [0.2, 0.25) is 5.91 Å². The van der Waals surface area contributed by atoms with Gasteiger partial charge in [0.25, 0.3) is 5.91 Å². The fourth-order valence-corrected chi connectivity index (χ4v) is 2.07. The molecule has 0 spiro atoms. The Morgan fingerprint density at radius 2 is 2.00 bits per heavy atom. The number of rotatable bonds is 7. The zero-order chi connectivity index (χ0) is 18.1. The van der Waals surface area contributed by atoms with Crippen LogP contribution in [0.15, 0.2) is 48.7 Å². The Hall–Kier alpha value is -3.15. The van der Waals surface area contributed by atoms with Gasteiger partial charge in [0.05, 0.1) is 30.3 Å². The van der Waals surface area contributed by atoms with Gasteiger partial charge >= 0.3 is 0 Å². The molecule has 1 aromatic heterocycles. The van der Waals surface area contributed by atoms with Gasteiger partial charge in [-0.15, -0.1) is 0 Å². The molecule has 0 bridgehead atoms. The number of para-hydroxylation sites is 1. The number of methoxy groups -OCH3 is 1. The molecule has 0 saturated carbocycles. The third-order valence-corrected chi connectivity index (χ3v) is 3.37. The fourth-order valence-electron chi connectivity index (χ4n) is 2.07. The van der Waals surface area contributed by atoms with Gasteiger partial charge in [-0.1, -0.05) is 19.1 Å². The monoisotopic (exact) mass is 339 g/mol. The van der Waals surface area contributed by atoms with Crippen LogP contribution in [-0.2, 0) is 4.79 Å². The van der Waals surface area contributed by atoms with Crippen molar-refractivity contribution in [3.63, 3.8) is 0 Å². The van der Waals surface area contributed by atoms with Gasteiger partial charge in [0, 0.05) is 12.6 Å². The van der Waals surface area contributed by atoms with Gasteiger partial charge in [-0.3, -0.25) is 14.6 Å². The average molecular weight is 339 g/mol. The first-order chi connectivity index (χ1) is 12.1. The van der Waals surface area contributed by atoms with Crippen molar-refractivity contribution in [2.24, 2.45) is 0 Å². The van der Waals surface area contributed by atoms with Crippen LogP contribution in [0, 0.1) is 0 Å². The first kappa shape index (κ1) is 18.2. The number of hydrogen-bond acceptors (Lipinski definition) is 4. The lowest BCUT2D eigenvalue weighted by Crippen LogP contribution is -2.25. The molecule has 25 heavy (non-hydrogen) atoms. The van der Waals surface area contributed by atoms with Crippen molar-refractivity contribution in [3.8, 4) is 5.75 Å². The highest BCUT2D eigenvalue weighted by atomic mass is 16.5. The number of ether oxygens (including phenoxy) is 1. The van der Waals surface area contributed by atoms with E-state index in [-0.39, 0.29) is 11.8 Å². The second-order valence-corrected chi connectivity index (χ2v) is 5.25. The summed E-state index contributed by atoms with van der Waals surface area (Å²) < 4.78 is 5.03. The van der Waals surface area contributed by atoms with Crippen molar-refractivity contribution in [1.82, 2.24) is 10.3 Å². The van der Waals surface area contributed by atoms with Gasteiger partial charge in [0.1, 0.15) is 5.75 Å². The first-order valence-electron chi connectivity index (χ1n) is 8.00. The minimum absolute atomic E-state index is 0.210. The van der Waals surface area contributed by atoms with Crippen molar-refractivity contribution < 1.29 is 14.3 Å². The van der Waals surface area contributed by atoms with Gasteiger partial charge < -0.3 is 15.4 Å². The first-order valence-corrected chi connectivity index (χ1v) is 8.00. The van der Waals surface area contributed by atoms with E-state index in [1.165, 1.54) is 6.08 Å². The second-order valence-electron chi connectivity index (χ2n) is 5.25. The normalized spacial score (nSPS) is 10.5. The molecule has 0 fully saturated rings. The maximum atomic E-state index is 12.1. The maximum absolute atomic E-state index is 12.1. The Bertz CT molecular complexity index is 755. The van der Waals surface area contributed by atoms with E-state index in [4.69, 9.17) is 4.74 Å². The van der Waals surface area contributed by atoms with Crippen LogP contribution >= 0.6 is 0 Å². The molecular weight excluding hydrogens is 318 g/mol. The zero-order valence-electron chi connectivity index (χ0n) is 14.3. The smallest absolute Gasteiger partial charge is 0.253 e. The molecule has 0 aliphatic heterocycles. The number of anilines is 1. The van der Waals surface area contributed by atoms with Crippen molar-refractivity contribution in [2.75, 3.05) is 19.0 Å². The molecule has 1 aromatic carbocycles. The average Bonchev–Trinajstić information content (AvgIpc) is 2.65. The number of nitrogens with zero attached hydrogens (tertiary/aromatic N) is 1. The Morgan fingerprint density at radius 1 is 1.20 bits per heavy atom. The summed E-state index contributed by atoms with van der Waals surface area (Å²) in [6.45, 7) is 2.57. The van der Waals surface area contributed by atoms with Crippen molar-refractivity contribution in [1.29, 1.82) is 0 Å². The minimum atomic E-state index is -0.339. The summed E-state index contributed by atoms with van der Waals surface area (Å²) in [6.07, 6.45) is 5.38.